The highest BCUT2D eigenvalue weighted by Gasteiger charge is 2.15. The number of hydrogen-bond acceptors (Lipinski definition) is 2. The molecule has 1 saturated heterocycles. The summed E-state index contributed by atoms with van der Waals surface area (Å²) in [5, 5.41) is 0. The van der Waals surface area contributed by atoms with Crippen molar-refractivity contribution in [1.82, 2.24) is 9.55 Å². The third kappa shape index (κ3) is 2.01. The topological polar surface area (TPSA) is 47.0 Å². The van der Waals surface area contributed by atoms with Crippen molar-refractivity contribution in [1.29, 1.82) is 0 Å². The molecule has 2 heterocycles. The van der Waals surface area contributed by atoms with Gasteiger partial charge in [0.25, 0.3) is 0 Å². The highest BCUT2D eigenvalue weighted by Crippen LogP contribution is 2.15. The molecule has 0 saturated carbocycles. The van der Waals surface area contributed by atoms with Crippen molar-refractivity contribution < 1.29 is 4.74 Å². The Kier molecular flexibility index (Phi) is 2.49. The third-order valence-electron chi connectivity index (χ3n) is 2.44. The summed E-state index contributed by atoms with van der Waals surface area (Å²) in [4.78, 5) is 13.7. The van der Waals surface area contributed by atoms with Crippen molar-refractivity contribution in [2.24, 2.45) is 0 Å². The summed E-state index contributed by atoms with van der Waals surface area (Å²) in [5.41, 5.74) is -0.0296. The maximum Gasteiger partial charge on any atom is 0.325 e. The zero-order chi connectivity index (χ0) is 9.10. The molecule has 1 aromatic heterocycles. The molecule has 13 heavy (non-hydrogen) atoms. The number of aryl methyl sites for hydroxylation is 1. The van der Waals surface area contributed by atoms with E-state index in [4.69, 9.17) is 4.74 Å². The van der Waals surface area contributed by atoms with Crippen LogP contribution in [0.25, 0.3) is 0 Å². The molecule has 1 N–H and O–H groups in total. The van der Waals surface area contributed by atoms with E-state index in [0.717, 1.165) is 32.4 Å². The van der Waals surface area contributed by atoms with E-state index >= 15 is 0 Å². The molecule has 0 spiro atoms. The van der Waals surface area contributed by atoms with Gasteiger partial charge in [0, 0.05) is 25.5 Å². The van der Waals surface area contributed by atoms with Crippen molar-refractivity contribution in [3.05, 3.63) is 22.9 Å². The number of aromatic nitrogens is 2. The molecular weight excluding hydrogens is 168 g/mol. The SMILES string of the molecule is O=c1[nH]ccn1CCC1CCCO1. The number of hydrogen-bond donors (Lipinski definition) is 1. The summed E-state index contributed by atoms with van der Waals surface area (Å²) in [7, 11) is 0. The molecule has 72 valence electrons. The highest BCUT2D eigenvalue weighted by molar-refractivity contribution is 4.76. The molecule has 4 nitrogen and oxygen atoms in total. The number of rotatable bonds is 3. The van der Waals surface area contributed by atoms with Gasteiger partial charge in [0.1, 0.15) is 0 Å². The maximum atomic E-state index is 11.1. The molecular formula is C9H14N2O2. The normalized spacial score (nSPS) is 22.3. The fourth-order valence-corrected chi connectivity index (χ4v) is 1.68. The van der Waals surface area contributed by atoms with Gasteiger partial charge in [0.2, 0.25) is 0 Å². The van der Waals surface area contributed by atoms with Crippen LogP contribution >= 0.6 is 0 Å². The first-order chi connectivity index (χ1) is 6.36. The second-order valence-corrected chi connectivity index (χ2v) is 3.38. The first kappa shape index (κ1) is 8.56. The van der Waals surface area contributed by atoms with Crippen LogP contribution in [0, 0.1) is 0 Å². The van der Waals surface area contributed by atoms with E-state index in [9.17, 15) is 4.79 Å². The number of ether oxygens (including phenoxy) is 1. The van der Waals surface area contributed by atoms with E-state index in [-0.39, 0.29) is 5.69 Å². The van der Waals surface area contributed by atoms with E-state index in [2.05, 4.69) is 4.98 Å². The van der Waals surface area contributed by atoms with Crippen molar-refractivity contribution in [2.45, 2.75) is 31.9 Å². The van der Waals surface area contributed by atoms with Gasteiger partial charge in [-0.3, -0.25) is 4.57 Å². The molecule has 0 radical (unpaired) electrons. The summed E-state index contributed by atoms with van der Waals surface area (Å²) in [6.07, 6.45) is 7.04. The minimum absolute atomic E-state index is 0.0296. The minimum atomic E-state index is -0.0296. The predicted molar refractivity (Wildman–Crippen MR) is 48.6 cm³/mol. The Balaban J connectivity index is 1.85. The summed E-state index contributed by atoms with van der Waals surface area (Å²) in [6.45, 7) is 1.64. The lowest BCUT2D eigenvalue weighted by Crippen LogP contribution is -2.19. The van der Waals surface area contributed by atoms with Crippen LogP contribution in [0.2, 0.25) is 0 Å². The molecule has 0 aliphatic carbocycles. The van der Waals surface area contributed by atoms with E-state index in [0.29, 0.717) is 6.10 Å². The van der Waals surface area contributed by atoms with Crippen LogP contribution in [0.3, 0.4) is 0 Å². The summed E-state index contributed by atoms with van der Waals surface area (Å²) in [5.74, 6) is 0. The molecule has 1 unspecified atom stereocenters. The number of nitrogens with one attached hydrogen (secondary N) is 1. The molecule has 0 amide bonds. The van der Waals surface area contributed by atoms with Gasteiger partial charge in [-0.15, -0.1) is 0 Å². The Hall–Kier alpha value is -1.03. The quantitative estimate of drug-likeness (QED) is 0.749. The molecule has 1 aliphatic rings. The fourth-order valence-electron chi connectivity index (χ4n) is 1.68. The second kappa shape index (κ2) is 3.79. The lowest BCUT2D eigenvalue weighted by molar-refractivity contribution is 0.100. The van der Waals surface area contributed by atoms with Gasteiger partial charge < -0.3 is 9.72 Å². The third-order valence-corrected chi connectivity index (χ3v) is 2.44. The second-order valence-electron chi connectivity index (χ2n) is 3.38. The molecule has 0 aromatic carbocycles. The molecule has 4 heteroatoms. The van der Waals surface area contributed by atoms with Crippen molar-refractivity contribution in [3.8, 4) is 0 Å². The number of H-pyrrole nitrogens is 1. The van der Waals surface area contributed by atoms with Crippen LogP contribution in [-0.2, 0) is 11.3 Å². The number of aromatic amines is 1. The first-order valence-corrected chi connectivity index (χ1v) is 4.72. The van der Waals surface area contributed by atoms with Gasteiger partial charge in [-0.25, -0.2) is 4.79 Å². The zero-order valence-electron chi connectivity index (χ0n) is 7.53. The Morgan fingerprint density at radius 2 is 2.62 bits per heavy atom. The van der Waals surface area contributed by atoms with Crippen molar-refractivity contribution in [3.63, 3.8) is 0 Å². The van der Waals surface area contributed by atoms with Gasteiger partial charge in [-0.2, -0.15) is 0 Å². The van der Waals surface area contributed by atoms with Gasteiger partial charge >= 0.3 is 5.69 Å². The average Bonchev–Trinajstić information content (AvgIpc) is 2.72. The Morgan fingerprint density at radius 1 is 1.69 bits per heavy atom. The number of nitrogens with zero attached hydrogens (tertiary/aromatic N) is 1. The van der Waals surface area contributed by atoms with Crippen LogP contribution in [0.15, 0.2) is 17.2 Å². The van der Waals surface area contributed by atoms with E-state index in [1.54, 1.807) is 17.0 Å². The fraction of sp³-hybridized carbons (Fsp3) is 0.667. The summed E-state index contributed by atoms with van der Waals surface area (Å²) in [6, 6.07) is 0. The van der Waals surface area contributed by atoms with Gasteiger partial charge in [0.05, 0.1) is 6.10 Å². The molecule has 0 bridgehead atoms. The molecule has 1 aromatic rings. The largest absolute Gasteiger partial charge is 0.378 e. The standard InChI is InChI=1S/C9H14N2O2/c12-9-10-4-6-11(9)5-3-8-2-1-7-13-8/h4,6,8H,1-3,5,7H2,(H,10,12). The van der Waals surface area contributed by atoms with Crippen LogP contribution < -0.4 is 5.69 Å². The van der Waals surface area contributed by atoms with Crippen LogP contribution in [0.4, 0.5) is 0 Å². The molecule has 1 aliphatic heterocycles. The number of imidazole rings is 1. The smallest absolute Gasteiger partial charge is 0.325 e. The predicted octanol–water partition coefficient (Wildman–Crippen LogP) is 0.745. The van der Waals surface area contributed by atoms with Crippen molar-refractivity contribution in [2.75, 3.05) is 6.61 Å². The van der Waals surface area contributed by atoms with Gasteiger partial charge in [-0.1, -0.05) is 0 Å². The molecule has 2 rings (SSSR count). The van der Waals surface area contributed by atoms with Crippen LogP contribution in [0.1, 0.15) is 19.3 Å². The lowest BCUT2D eigenvalue weighted by Gasteiger charge is -2.08. The molecule has 1 fully saturated rings. The highest BCUT2D eigenvalue weighted by atomic mass is 16.5. The maximum absolute atomic E-state index is 11.1. The van der Waals surface area contributed by atoms with E-state index in [1.807, 2.05) is 0 Å². The summed E-state index contributed by atoms with van der Waals surface area (Å²) < 4.78 is 7.15. The van der Waals surface area contributed by atoms with Gasteiger partial charge in [0.15, 0.2) is 0 Å². The van der Waals surface area contributed by atoms with E-state index in [1.165, 1.54) is 0 Å². The van der Waals surface area contributed by atoms with E-state index < -0.39 is 0 Å². The van der Waals surface area contributed by atoms with Crippen LogP contribution in [-0.4, -0.2) is 22.3 Å². The minimum Gasteiger partial charge on any atom is -0.378 e. The Bertz CT molecular complexity index is 309. The summed E-state index contributed by atoms with van der Waals surface area (Å²) >= 11 is 0. The van der Waals surface area contributed by atoms with Crippen LogP contribution in [0.5, 0.6) is 0 Å². The molecule has 1 atom stereocenters. The Labute approximate surface area is 76.5 Å². The monoisotopic (exact) mass is 182 g/mol. The lowest BCUT2D eigenvalue weighted by atomic mass is 10.2. The zero-order valence-corrected chi connectivity index (χ0v) is 7.53. The Morgan fingerprint density at radius 3 is 3.23 bits per heavy atom. The average molecular weight is 182 g/mol. The van der Waals surface area contributed by atoms with Crippen molar-refractivity contribution >= 4 is 0 Å². The first-order valence-electron chi connectivity index (χ1n) is 4.72. The van der Waals surface area contributed by atoms with Gasteiger partial charge in [-0.05, 0) is 19.3 Å².